The molecule has 0 aliphatic heterocycles. The summed E-state index contributed by atoms with van der Waals surface area (Å²) in [5, 5.41) is 10.5. The highest BCUT2D eigenvalue weighted by molar-refractivity contribution is 7.47. The third-order valence-corrected chi connectivity index (χ3v) is 17.5. The van der Waals surface area contributed by atoms with Crippen molar-refractivity contribution >= 4 is 39.5 Å². The molecule has 0 aliphatic rings. The molecule has 0 aliphatic carbocycles. The molecule has 0 saturated carbocycles. The zero-order valence-corrected chi connectivity index (χ0v) is 56.7. The summed E-state index contributed by atoms with van der Waals surface area (Å²) in [5.41, 5.74) is 0. The molecule has 3 N–H and O–H groups in total. The summed E-state index contributed by atoms with van der Waals surface area (Å²) in [4.78, 5) is 72.0. The molecule has 3 unspecified atom stereocenters. The summed E-state index contributed by atoms with van der Waals surface area (Å²) in [6.45, 7) is 9.39. The molecule has 0 amide bonds. The third-order valence-electron chi connectivity index (χ3n) is 15.6. The third kappa shape index (κ3) is 59.5. The molecule has 0 aromatic heterocycles. The molecule has 17 nitrogen and oxygen atoms in total. The zero-order valence-electron chi connectivity index (χ0n) is 54.9. The van der Waals surface area contributed by atoms with Crippen LogP contribution < -0.4 is 0 Å². The average molecular weight is 1260 g/mol. The van der Waals surface area contributed by atoms with E-state index in [1.165, 1.54) is 141 Å². The molecule has 0 radical (unpaired) electrons. The van der Waals surface area contributed by atoms with Crippen LogP contribution in [-0.4, -0.2) is 96.7 Å². The van der Waals surface area contributed by atoms with Gasteiger partial charge in [-0.3, -0.25) is 37.3 Å². The van der Waals surface area contributed by atoms with Crippen LogP contribution in [0.4, 0.5) is 0 Å². The van der Waals surface area contributed by atoms with Gasteiger partial charge in [-0.15, -0.1) is 0 Å². The number of phosphoric acid groups is 2. The van der Waals surface area contributed by atoms with Crippen LogP contribution in [0.25, 0.3) is 0 Å². The van der Waals surface area contributed by atoms with Crippen molar-refractivity contribution < 1.29 is 80.2 Å². The minimum atomic E-state index is -4.95. The molecule has 0 bridgehead atoms. The van der Waals surface area contributed by atoms with E-state index in [1.54, 1.807) is 0 Å². The number of aliphatic hydroxyl groups excluding tert-OH is 1. The fourth-order valence-electron chi connectivity index (χ4n) is 9.85. The topological polar surface area (TPSA) is 237 Å². The molecule has 0 fully saturated rings. The van der Waals surface area contributed by atoms with E-state index in [0.717, 1.165) is 102 Å². The van der Waals surface area contributed by atoms with Gasteiger partial charge in [-0.25, -0.2) is 9.13 Å². The lowest BCUT2D eigenvalue weighted by atomic mass is 9.99. The zero-order chi connectivity index (χ0) is 62.9. The lowest BCUT2D eigenvalue weighted by Crippen LogP contribution is -2.30. The smallest absolute Gasteiger partial charge is 0.462 e. The summed E-state index contributed by atoms with van der Waals surface area (Å²) in [7, 11) is -9.88. The van der Waals surface area contributed by atoms with Crippen molar-refractivity contribution in [3.63, 3.8) is 0 Å². The van der Waals surface area contributed by atoms with Crippen molar-refractivity contribution in [1.82, 2.24) is 0 Å². The van der Waals surface area contributed by atoms with Crippen molar-refractivity contribution in [3.05, 3.63) is 0 Å². The molecule has 0 rings (SSSR count). The Balaban J connectivity index is 5.15. The van der Waals surface area contributed by atoms with Crippen molar-refractivity contribution in [1.29, 1.82) is 0 Å². The van der Waals surface area contributed by atoms with Crippen LogP contribution in [0, 0.1) is 11.8 Å². The van der Waals surface area contributed by atoms with E-state index >= 15 is 0 Å². The van der Waals surface area contributed by atoms with Crippen LogP contribution in [0.3, 0.4) is 0 Å². The van der Waals surface area contributed by atoms with Gasteiger partial charge in [0.15, 0.2) is 12.2 Å². The normalized spacial score (nSPS) is 14.6. The predicted molar refractivity (Wildman–Crippen MR) is 340 cm³/mol. The van der Waals surface area contributed by atoms with Crippen LogP contribution >= 0.6 is 15.6 Å². The first-order valence-corrected chi connectivity index (χ1v) is 37.5. The Kier molecular flexibility index (Phi) is 57.1. The van der Waals surface area contributed by atoms with Crippen LogP contribution in [-0.2, 0) is 65.4 Å². The Morgan fingerprint density at radius 3 is 0.894 bits per heavy atom. The standard InChI is InChI=1S/C66H128O17P2/c1-7-10-12-14-15-16-17-20-24-27-30-37-43-49-64(69)77-55-62(82-65(70)50-44-38-31-28-25-22-19-18-21-23-26-29-36-41-47-59(6)9-3)57-81-85(74,75)79-53-60(67)52-78-84(72,73)80-56-61(54-76-63(68)48-42-34-13-11-8-2)83-66(71)51-45-39-33-32-35-40-46-58(4)5/h58-62,67H,7-57H2,1-6H3,(H,72,73)(H,74,75)/t59?,60-,61+,62+/m0/s1. The van der Waals surface area contributed by atoms with Crippen LogP contribution in [0.15, 0.2) is 0 Å². The van der Waals surface area contributed by atoms with Crippen molar-refractivity contribution in [2.45, 2.75) is 349 Å². The van der Waals surface area contributed by atoms with Crippen LogP contribution in [0.1, 0.15) is 330 Å². The van der Waals surface area contributed by atoms with Gasteiger partial charge in [0.2, 0.25) is 0 Å². The minimum Gasteiger partial charge on any atom is -0.462 e. The van der Waals surface area contributed by atoms with E-state index in [0.29, 0.717) is 31.6 Å². The summed E-state index contributed by atoms with van der Waals surface area (Å²) < 4.78 is 67.9. The quantitative estimate of drug-likeness (QED) is 0.0222. The molecule has 6 atom stereocenters. The molecule has 0 heterocycles. The van der Waals surface area contributed by atoms with E-state index in [4.69, 9.17) is 37.0 Å². The second-order valence-corrected chi connectivity index (χ2v) is 27.5. The minimum absolute atomic E-state index is 0.101. The summed E-state index contributed by atoms with van der Waals surface area (Å²) >= 11 is 0. The Labute approximate surface area is 517 Å². The maximum atomic E-state index is 13.0. The van der Waals surface area contributed by atoms with Gasteiger partial charge in [0, 0.05) is 25.7 Å². The molecule has 85 heavy (non-hydrogen) atoms. The van der Waals surface area contributed by atoms with Gasteiger partial charge in [0.25, 0.3) is 0 Å². The molecule has 19 heteroatoms. The lowest BCUT2D eigenvalue weighted by Gasteiger charge is -2.21. The number of rotatable bonds is 65. The van der Waals surface area contributed by atoms with Crippen LogP contribution in [0.2, 0.25) is 0 Å². The highest BCUT2D eigenvalue weighted by atomic mass is 31.2. The van der Waals surface area contributed by atoms with Gasteiger partial charge < -0.3 is 33.8 Å². The number of carbonyl (C=O) groups excluding carboxylic acids is 4. The number of ether oxygens (including phenoxy) is 4. The van der Waals surface area contributed by atoms with Crippen molar-refractivity contribution in [2.75, 3.05) is 39.6 Å². The van der Waals surface area contributed by atoms with E-state index in [2.05, 4.69) is 41.5 Å². The number of carbonyl (C=O) groups is 4. The van der Waals surface area contributed by atoms with Crippen molar-refractivity contribution in [3.8, 4) is 0 Å². The Morgan fingerprint density at radius 2 is 0.600 bits per heavy atom. The summed E-state index contributed by atoms with van der Waals surface area (Å²) in [6.07, 6.45) is 42.2. The SMILES string of the molecule is CCCCCCCCCCCCCCCC(=O)OC[C@H](COP(=O)(O)OC[C@@H](O)COP(=O)(O)OC[C@@H](COC(=O)CCCCCCC)OC(=O)CCCCCCCCC(C)C)OC(=O)CCCCCCCCCCCCCCCCC(C)CC. The monoisotopic (exact) mass is 1250 g/mol. The van der Waals surface area contributed by atoms with Gasteiger partial charge in [-0.1, -0.05) is 279 Å². The largest absolute Gasteiger partial charge is 0.472 e. The van der Waals surface area contributed by atoms with E-state index in [9.17, 15) is 43.2 Å². The Hall–Kier alpha value is -1.94. The highest BCUT2D eigenvalue weighted by Crippen LogP contribution is 2.45. The molecule has 0 spiro atoms. The second kappa shape index (κ2) is 58.4. The van der Waals surface area contributed by atoms with Gasteiger partial charge >= 0.3 is 39.5 Å². The van der Waals surface area contributed by atoms with Gasteiger partial charge in [0.1, 0.15) is 19.3 Å². The first kappa shape index (κ1) is 83.1. The lowest BCUT2D eigenvalue weighted by molar-refractivity contribution is -0.161. The molecule has 0 saturated heterocycles. The first-order valence-electron chi connectivity index (χ1n) is 34.5. The van der Waals surface area contributed by atoms with Gasteiger partial charge in [0.05, 0.1) is 26.4 Å². The molecule has 0 aromatic rings. The highest BCUT2D eigenvalue weighted by Gasteiger charge is 2.30. The Morgan fingerprint density at radius 1 is 0.341 bits per heavy atom. The Bertz CT molecular complexity index is 1670. The number of hydrogen-bond donors (Lipinski definition) is 3. The van der Waals surface area contributed by atoms with E-state index in [1.807, 2.05) is 0 Å². The molecule has 0 aromatic carbocycles. The molecular formula is C66H128O17P2. The fourth-order valence-corrected chi connectivity index (χ4v) is 11.4. The summed E-state index contributed by atoms with van der Waals surface area (Å²) in [6, 6.07) is 0. The van der Waals surface area contributed by atoms with Crippen molar-refractivity contribution in [2.24, 2.45) is 11.8 Å². The predicted octanol–water partition coefficient (Wildman–Crippen LogP) is 18.4. The number of aliphatic hydroxyl groups is 1. The summed E-state index contributed by atoms with van der Waals surface area (Å²) in [5.74, 6) is -0.629. The van der Waals surface area contributed by atoms with Gasteiger partial charge in [-0.2, -0.15) is 0 Å². The number of phosphoric ester groups is 2. The first-order chi connectivity index (χ1) is 40.9. The maximum absolute atomic E-state index is 13.0. The van der Waals surface area contributed by atoms with Gasteiger partial charge in [-0.05, 0) is 37.5 Å². The maximum Gasteiger partial charge on any atom is 0.472 e. The van der Waals surface area contributed by atoms with Crippen LogP contribution in [0.5, 0.6) is 0 Å². The fraction of sp³-hybridized carbons (Fsp3) is 0.939. The van der Waals surface area contributed by atoms with E-state index in [-0.39, 0.29) is 25.7 Å². The van der Waals surface area contributed by atoms with E-state index < -0.39 is 97.5 Å². The number of esters is 4. The number of unbranched alkanes of at least 4 members (excludes halogenated alkanes) is 34. The second-order valence-electron chi connectivity index (χ2n) is 24.6. The molecule has 504 valence electrons. The number of hydrogen-bond acceptors (Lipinski definition) is 15. The molecular weight excluding hydrogens is 1130 g/mol. The average Bonchev–Trinajstić information content (AvgIpc) is 3.47.